The maximum absolute atomic E-state index is 14.0. The molecule has 0 fully saturated rings. The highest BCUT2D eigenvalue weighted by Gasteiger charge is 2.28. The summed E-state index contributed by atoms with van der Waals surface area (Å²) in [7, 11) is 1.30. The van der Waals surface area contributed by atoms with E-state index in [0.29, 0.717) is 49.8 Å². The van der Waals surface area contributed by atoms with Crippen LogP contribution in [0.25, 0.3) is 22.2 Å². The molecular formula is C23H21ClFN5O2. The van der Waals surface area contributed by atoms with Gasteiger partial charge >= 0.3 is 5.97 Å². The minimum Gasteiger partial charge on any atom is -0.465 e. The van der Waals surface area contributed by atoms with E-state index in [1.807, 2.05) is 13.8 Å². The standard InChI is InChI=1S/C23H21ClFN5O2/c1-11-17(24)9-16(13(3)30-22-19(12(2)29-30)21(26)27-10-28-22)20(23(31)32-4)18(11)14-6-5-7-15(25)8-14/h5-10,13H,1-4H3,(H2,26,27,28). The number of nitrogen functional groups attached to an aromatic ring is 1. The number of aromatic nitrogens is 4. The van der Waals surface area contributed by atoms with Crippen molar-refractivity contribution in [2.24, 2.45) is 0 Å². The summed E-state index contributed by atoms with van der Waals surface area (Å²) in [5, 5.41) is 5.67. The fourth-order valence-corrected chi connectivity index (χ4v) is 4.21. The van der Waals surface area contributed by atoms with Gasteiger partial charge < -0.3 is 10.5 Å². The van der Waals surface area contributed by atoms with Crippen molar-refractivity contribution in [1.82, 2.24) is 19.7 Å². The summed E-state index contributed by atoms with van der Waals surface area (Å²) in [6.45, 7) is 5.46. The number of methoxy groups -OCH3 is 1. The highest BCUT2D eigenvalue weighted by Crippen LogP contribution is 2.39. The smallest absolute Gasteiger partial charge is 0.338 e. The predicted molar refractivity (Wildman–Crippen MR) is 121 cm³/mol. The van der Waals surface area contributed by atoms with Crippen LogP contribution in [0.2, 0.25) is 5.02 Å². The zero-order chi connectivity index (χ0) is 23.2. The molecule has 0 amide bonds. The lowest BCUT2D eigenvalue weighted by molar-refractivity contribution is 0.0599. The third-order valence-electron chi connectivity index (χ3n) is 5.57. The van der Waals surface area contributed by atoms with Gasteiger partial charge in [0.15, 0.2) is 5.65 Å². The van der Waals surface area contributed by atoms with Gasteiger partial charge in [0.05, 0.1) is 29.8 Å². The molecule has 4 aromatic rings. The molecule has 32 heavy (non-hydrogen) atoms. The Morgan fingerprint density at radius 1 is 1.25 bits per heavy atom. The topological polar surface area (TPSA) is 95.9 Å². The van der Waals surface area contributed by atoms with Crippen molar-refractivity contribution < 1.29 is 13.9 Å². The van der Waals surface area contributed by atoms with Gasteiger partial charge in [-0.1, -0.05) is 23.7 Å². The van der Waals surface area contributed by atoms with E-state index in [1.165, 1.54) is 25.6 Å². The first-order valence-electron chi connectivity index (χ1n) is 9.87. The second kappa shape index (κ2) is 8.20. The van der Waals surface area contributed by atoms with Gasteiger partial charge in [0.1, 0.15) is 18.0 Å². The Kier molecular flexibility index (Phi) is 5.56. The highest BCUT2D eigenvalue weighted by atomic mass is 35.5. The van der Waals surface area contributed by atoms with E-state index in [9.17, 15) is 9.18 Å². The van der Waals surface area contributed by atoms with Crippen LogP contribution in [0.5, 0.6) is 0 Å². The number of anilines is 1. The maximum atomic E-state index is 14.0. The van der Waals surface area contributed by atoms with Gasteiger partial charge in [-0.25, -0.2) is 23.8 Å². The number of rotatable bonds is 4. The number of esters is 1. The van der Waals surface area contributed by atoms with Crippen molar-refractivity contribution in [2.45, 2.75) is 26.8 Å². The van der Waals surface area contributed by atoms with Crippen molar-refractivity contribution in [3.05, 3.63) is 69.9 Å². The quantitative estimate of drug-likeness (QED) is 0.442. The van der Waals surface area contributed by atoms with E-state index in [4.69, 9.17) is 22.1 Å². The number of nitrogens with two attached hydrogens (primary N) is 1. The summed E-state index contributed by atoms with van der Waals surface area (Å²) >= 11 is 6.59. The Labute approximate surface area is 189 Å². The minimum absolute atomic E-state index is 0.288. The van der Waals surface area contributed by atoms with Gasteiger partial charge in [0.25, 0.3) is 0 Å². The molecule has 1 unspecified atom stereocenters. The summed E-state index contributed by atoms with van der Waals surface area (Å²) in [6, 6.07) is 7.25. The van der Waals surface area contributed by atoms with Crippen LogP contribution in [0.15, 0.2) is 36.7 Å². The Morgan fingerprint density at radius 3 is 2.69 bits per heavy atom. The van der Waals surface area contributed by atoms with Crippen LogP contribution >= 0.6 is 11.6 Å². The summed E-state index contributed by atoms with van der Waals surface area (Å²) in [6.07, 6.45) is 1.36. The molecule has 0 aliphatic carbocycles. The van der Waals surface area contributed by atoms with Crippen LogP contribution < -0.4 is 5.73 Å². The average molecular weight is 454 g/mol. The minimum atomic E-state index is -0.562. The third kappa shape index (κ3) is 3.46. The number of benzene rings is 2. The van der Waals surface area contributed by atoms with E-state index < -0.39 is 17.8 Å². The summed E-state index contributed by atoms with van der Waals surface area (Å²) < 4.78 is 20.8. The van der Waals surface area contributed by atoms with Crippen LogP contribution in [0, 0.1) is 19.7 Å². The van der Waals surface area contributed by atoms with Gasteiger partial charge in [0.2, 0.25) is 0 Å². The number of hydrogen-bond donors (Lipinski definition) is 1. The molecule has 2 aromatic heterocycles. The van der Waals surface area contributed by atoms with Crippen molar-refractivity contribution >= 4 is 34.4 Å². The maximum Gasteiger partial charge on any atom is 0.338 e. The molecular weight excluding hydrogens is 433 g/mol. The molecule has 4 rings (SSSR count). The van der Waals surface area contributed by atoms with Crippen molar-refractivity contribution in [1.29, 1.82) is 0 Å². The second-order valence-corrected chi connectivity index (χ2v) is 7.90. The first kappa shape index (κ1) is 21.7. The van der Waals surface area contributed by atoms with Gasteiger partial charge in [-0.15, -0.1) is 0 Å². The van der Waals surface area contributed by atoms with E-state index in [1.54, 1.807) is 29.8 Å². The van der Waals surface area contributed by atoms with E-state index in [-0.39, 0.29) is 5.56 Å². The fraction of sp³-hybridized carbons (Fsp3) is 0.217. The Morgan fingerprint density at radius 2 is 2.00 bits per heavy atom. The number of carbonyl (C=O) groups is 1. The number of carbonyl (C=O) groups excluding carboxylic acids is 1. The van der Waals surface area contributed by atoms with E-state index >= 15 is 0 Å². The average Bonchev–Trinajstić information content (AvgIpc) is 3.11. The molecule has 2 heterocycles. The lowest BCUT2D eigenvalue weighted by Crippen LogP contribution is -2.17. The molecule has 0 aliphatic heterocycles. The number of fused-ring (bicyclic) bond motifs is 1. The van der Waals surface area contributed by atoms with Gasteiger partial charge in [-0.3, -0.25) is 0 Å². The van der Waals surface area contributed by atoms with Crippen molar-refractivity contribution in [3.63, 3.8) is 0 Å². The number of hydrogen-bond acceptors (Lipinski definition) is 6. The Bertz CT molecular complexity index is 1370. The third-order valence-corrected chi connectivity index (χ3v) is 5.96. The molecule has 0 saturated carbocycles. The van der Waals surface area contributed by atoms with Gasteiger partial charge in [-0.2, -0.15) is 5.10 Å². The molecule has 0 spiro atoms. The summed E-state index contributed by atoms with van der Waals surface area (Å²) in [5.41, 5.74) is 9.74. The Hall–Kier alpha value is -3.52. The molecule has 2 N–H and O–H groups in total. The number of ether oxygens (including phenoxy) is 1. The van der Waals surface area contributed by atoms with Crippen LogP contribution in [0.4, 0.5) is 10.2 Å². The molecule has 164 valence electrons. The van der Waals surface area contributed by atoms with Gasteiger partial charge in [-0.05, 0) is 55.7 Å². The molecule has 2 aromatic carbocycles. The number of halogens is 2. The summed E-state index contributed by atoms with van der Waals surface area (Å²) in [4.78, 5) is 21.4. The molecule has 0 bridgehead atoms. The molecule has 7 nitrogen and oxygen atoms in total. The number of aryl methyl sites for hydroxylation is 1. The molecule has 0 saturated heterocycles. The molecule has 1 atom stereocenters. The van der Waals surface area contributed by atoms with E-state index in [0.717, 1.165) is 0 Å². The normalized spacial score (nSPS) is 12.2. The lowest BCUT2D eigenvalue weighted by Gasteiger charge is -2.22. The van der Waals surface area contributed by atoms with Crippen molar-refractivity contribution in [3.8, 4) is 11.1 Å². The first-order valence-corrected chi connectivity index (χ1v) is 10.2. The van der Waals surface area contributed by atoms with Crippen LogP contribution in [0.3, 0.4) is 0 Å². The predicted octanol–water partition coefficient (Wildman–Crippen LogP) is 4.88. The Balaban J connectivity index is 2.03. The highest BCUT2D eigenvalue weighted by molar-refractivity contribution is 6.32. The van der Waals surface area contributed by atoms with Crippen LogP contribution in [0.1, 0.15) is 40.1 Å². The van der Waals surface area contributed by atoms with Crippen LogP contribution in [-0.2, 0) is 4.74 Å². The largest absolute Gasteiger partial charge is 0.465 e. The summed E-state index contributed by atoms with van der Waals surface area (Å²) in [5.74, 6) is -0.664. The van der Waals surface area contributed by atoms with E-state index in [2.05, 4.69) is 15.1 Å². The number of nitrogens with zero attached hydrogens (tertiary/aromatic N) is 4. The molecule has 0 radical (unpaired) electrons. The van der Waals surface area contributed by atoms with Crippen LogP contribution in [-0.4, -0.2) is 32.8 Å². The lowest BCUT2D eigenvalue weighted by atomic mass is 9.88. The van der Waals surface area contributed by atoms with Gasteiger partial charge in [0, 0.05) is 10.6 Å². The second-order valence-electron chi connectivity index (χ2n) is 7.49. The molecule has 9 heteroatoms. The zero-order valence-electron chi connectivity index (χ0n) is 18.0. The zero-order valence-corrected chi connectivity index (χ0v) is 18.7. The monoisotopic (exact) mass is 453 g/mol. The van der Waals surface area contributed by atoms with Crippen molar-refractivity contribution in [2.75, 3.05) is 12.8 Å². The fourth-order valence-electron chi connectivity index (χ4n) is 4.00. The molecule has 0 aliphatic rings. The first-order chi connectivity index (χ1) is 15.2. The SMILES string of the molecule is COC(=O)c1c(C(C)n2nc(C)c3c(N)ncnc32)cc(Cl)c(C)c1-c1cccc(F)c1.